The van der Waals surface area contributed by atoms with Crippen molar-refractivity contribution >= 4 is 44.5 Å². The molecule has 0 atom stereocenters. The number of rotatable bonds is 11. The third-order valence-electron chi connectivity index (χ3n) is 6.14. The SMILES string of the molecule is COc1ccc(-c2csc(C(=O)N(C)C)c2)cc1S(=O)(=O)Nc1cccc(NCCNC(=O)c2cccc(C)c2)c1. The van der Waals surface area contributed by atoms with Crippen molar-refractivity contribution in [1.29, 1.82) is 0 Å². The van der Waals surface area contributed by atoms with Crippen LogP contribution in [0.1, 0.15) is 25.6 Å². The van der Waals surface area contributed by atoms with Gasteiger partial charge in [-0.25, -0.2) is 8.42 Å². The normalized spacial score (nSPS) is 11.0. The molecule has 214 valence electrons. The number of sulfonamides is 1. The predicted octanol–water partition coefficient (Wildman–Crippen LogP) is 5.08. The molecule has 11 heteroatoms. The lowest BCUT2D eigenvalue weighted by Gasteiger charge is -2.14. The van der Waals surface area contributed by atoms with Crippen LogP contribution in [0.3, 0.4) is 0 Å². The van der Waals surface area contributed by atoms with Crippen LogP contribution in [0.4, 0.5) is 11.4 Å². The number of nitrogens with zero attached hydrogens (tertiary/aromatic N) is 1. The second-order valence-corrected chi connectivity index (χ2v) is 12.1. The molecule has 0 aliphatic rings. The lowest BCUT2D eigenvalue weighted by molar-refractivity contribution is 0.0831. The number of carbonyl (C=O) groups excluding carboxylic acids is 2. The second kappa shape index (κ2) is 12.9. The van der Waals surface area contributed by atoms with Crippen molar-refractivity contribution in [1.82, 2.24) is 10.2 Å². The highest BCUT2D eigenvalue weighted by Crippen LogP contribution is 2.33. The highest BCUT2D eigenvalue weighted by molar-refractivity contribution is 7.92. The summed E-state index contributed by atoms with van der Waals surface area (Å²) in [7, 11) is 0.745. The van der Waals surface area contributed by atoms with E-state index in [0.29, 0.717) is 40.5 Å². The molecule has 0 saturated carbocycles. The summed E-state index contributed by atoms with van der Waals surface area (Å²) in [5.74, 6) is -0.0812. The van der Waals surface area contributed by atoms with Crippen LogP contribution in [0.25, 0.3) is 11.1 Å². The zero-order chi connectivity index (χ0) is 29.6. The van der Waals surface area contributed by atoms with E-state index in [1.807, 2.05) is 36.6 Å². The number of amides is 2. The molecular formula is C30H32N4O5S2. The topological polar surface area (TPSA) is 117 Å². The molecule has 0 aliphatic carbocycles. The van der Waals surface area contributed by atoms with Crippen LogP contribution in [-0.2, 0) is 10.0 Å². The van der Waals surface area contributed by atoms with Crippen molar-refractivity contribution < 1.29 is 22.7 Å². The number of aryl methyl sites for hydroxylation is 1. The maximum absolute atomic E-state index is 13.5. The highest BCUT2D eigenvalue weighted by atomic mass is 32.2. The van der Waals surface area contributed by atoms with Gasteiger partial charge in [-0.1, -0.05) is 29.8 Å². The van der Waals surface area contributed by atoms with Crippen molar-refractivity contribution in [3.63, 3.8) is 0 Å². The third-order valence-corrected chi connectivity index (χ3v) is 8.46. The molecule has 0 fully saturated rings. The fourth-order valence-corrected chi connectivity index (χ4v) is 6.24. The highest BCUT2D eigenvalue weighted by Gasteiger charge is 2.22. The Balaban J connectivity index is 1.44. The molecule has 2 amide bonds. The van der Waals surface area contributed by atoms with E-state index >= 15 is 0 Å². The van der Waals surface area contributed by atoms with E-state index in [0.717, 1.165) is 11.1 Å². The first kappa shape index (κ1) is 29.6. The summed E-state index contributed by atoms with van der Waals surface area (Å²) in [5, 5.41) is 7.89. The van der Waals surface area contributed by atoms with Gasteiger partial charge in [-0.05, 0) is 72.0 Å². The summed E-state index contributed by atoms with van der Waals surface area (Å²) in [4.78, 5) is 26.7. The largest absolute Gasteiger partial charge is 0.495 e. The van der Waals surface area contributed by atoms with Crippen LogP contribution >= 0.6 is 11.3 Å². The maximum Gasteiger partial charge on any atom is 0.265 e. The molecule has 0 spiro atoms. The predicted molar refractivity (Wildman–Crippen MR) is 164 cm³/mol. The number of hydrogen-bond donors (Lipinski definition) is 3. The molecule has 1 heterocycles. The number of anilines is 2. The van der Waals surface area contributed by atoms with Crippen LogP contribution in [0.15, 0.2) is 83.1 Å². The van der Waals surface area contributed by atoms with Crippen LogP contribution in [0.5, 0.6) is 5.75 Å². The number of thiophene rings is 1. The first-order chi connectivity index (χ1) is 19.6. The number of methoxy groups -OCH3 is 1. The molecule has 0 radical (unpaired) electrons. The van der Waals surface area contributed by atoms with E-state index in [1.165, 1.54) is 29.4 Å². The molecule has 0 aliphatic heterocycles. The van der Waals surface area contributed by atoms with E-state index < -0.39 is 10.0 Å². The van der Waals surface area contributed by atoms with Crippen molar-refractivity contribution in [2.24, 2.45) is 0 Å². The first-order valence-corrected chi connectivity index (χ1v) is 15.1. The molecule has 4 rings (SSSR count). The molecular weight excluding hydrogens is 560 g/mol. The molecule has 0 unspecified atom stereocenters. The minimum absolute atomic E-state index is 0.0265. The molecule has 0 bridgehead atoms. The van der Waals surface area contributed by atoms with Gasteiger partial charge in [0.05, 0.1) is 17.7 Å². The zero-order valence-corrected chi connectivity index (χ0v) is 24.9. The van der Waals surface area contributed by atoms with E-state index in [2.05, 4.69) is 15.4 Å². The number of benzene rings is 3. The summed E-state index contributed by atoms with van der Waals surface area (Å²) in [6.45, 7) is 2.76. The fraction of sp³-hybridized carbons (Fsp3) is 0.200. The summed E-state index contributed by atoms with van der Waals surface area (Å²) in [6.07, 6.45) is 0. The standard InChI is InChI=1S/C30H32N4O5S2/c1-20-7-5-8-22(15-20)29(35)32-14-13-31-24-9-6-10-25(18-24)33-41(37,38)28-17-21(11-12-26(28)39-4)23-16-27(40-19-23)30(36)34(2)3/h5-12,15-19,31,33H,13-14H2,1-4H3,(H,32,35). The lowest BCUT2D eigenvalue weighted by atomic mass is 10.1. The van der Waals surface area contributed by atoms with Gasteiger partial charge in [0.25, 0.3) is 21.8 Å². The molecule has 9 nitrogen and oxygen atoms in total. The zero-order valence-electron chi connectivity index (χ0n) is 23.2. The van der Waals surface area contributed by atoms with Gasteiger partial charge in [-0.15, -0.1) is 11.3 Å². The maximum atomic E-state index is 13.5. The average Bonchev–Trinajstić information content (AvgIpc) is 3.44. The number of hydrogen-bond acceptors (Lipinski definition) is 7. The van der Waals surface area contributed by atoms with Crippen LogP contribution < -0.4 is 20.1 Å². The Morgan fingerprint density at radius 2 is 1.66 bits per heavy atom. The summed E-state index contributed by atoms with van der Waals surface area (Å²) >= 11 is 1.30. The molecule has 1 aromatic heterocycles. The lowest BCUT2D eigenvalue weighted by Crippen LogP contribution is -2.28. The van der Waals surface area contributed by atoms with Gasteiger partial charge in [0, 0.05) is 38.4 Å². The van der Waals surface area contributed by atoms with Gasteiger partial charge >= 0.3 is 0 Å². The van der Waals surface area contributed by atoms with E-state index in [1.54, 1.807) is 56.6 Å². The molecule has 4 aromatic rings. The Labute approximate surface area is 244 Å². The van der Waals surface area contributed by atoms with Crippen molar-refractivity contribution in [2.75, 3.05) is 44.3 Å². The quantitative estimate of drug-likeness (QED) is 0.209. The second-order valence-electron chi connectivity index (χ2n) is 9.50. The molecule has 41 heavy (non-hydrogen) atoms. The molecule has 0 saturated heterocycles. The van der Waals surface area contributed by atoms with Gasteiger partial charge in [0.2, 0.25) is 0 Å². The van der Waals surface area contributed by atoms with E-state index in [-0.39, 0.29) is 22.5 Å². The van der Waals surface area contributed by atoms with Gasteiger partial charge < -0.3 is 20.3 Å². The monoisotopic (exact) mass is 592 g/mol. The number of carbonyl (C=O) groups is 2. The summed E-state index contributed by atoms with van der Waals surface area (Å²) in [5.41, 5.74) is 4.04. The van der Waals surface area contributed by atoms with Gasteiger partial charge in [0.1, 0.15) is 10.6 Å². The molecule has 3 aromatic carbocycles. The number of ether oxygens (including phenoxy) is 1. The summed E-state index contributed by atoms with van der Waals surface area (Å²) < 4.78 is 34.9. The van der Waals surface area contributed by atoms with Crippen molar-refractivity contribution in [3.8, 4) is 16.9 Å². The van der Waals surface area contributed by atoms with Crippen LogP contribution in [-0.4, -0.2) is 59.4 Å². The Kier molecular flexibility index (Phi) is 9.31. The van der Waals surface area contributed by atoms with E-state index in [9.17, 15) is 18.0 Å². The summed E-state index contributed by atoms with van der Waals surface area (Å²) in [6, 6.07) is 20.9. The minimum atomic E-state index is -4.03. The first-order valence-electron chi connectivity index (χ1n) is 12.8. The van der Waals surface area contributed by atoms with Gasteiger partial charge in [0.15, 0.2) is 0 Å². The van der Waals surface area contributed by atoms with Crippen LogP contribution in [0, 0.1) is 6.92 Å². The Hall–Kier alpha value is -4.35. The third kappa shape index (κ3) is 7.44. The van der Waals surface area contributed by atoms with Gasteiger partial charge in [-0.2, -0.15) is 0 Å². The van der Waals surface area contributed by atoms with Gasteiger partial charge in [-0.3, -0.25) is 14.3 Å². The molecule has 3 N–H and O–H groups in total. The van der Waals surface area contributed by atoms with Crippen molar-refractivity contribution in [3.05, 3.63) is 94.2 Å². The Bertz CT molecular complexity index is 1660. The number of nitrogens with one attached hydrogen (secondary N) is 3. The van der Waals surface area contributed by atoms with E-state index in [4.69, 9.17) is 4.74 Å². The smallest absolute Gasteiger partial charge is 0.265 e. The fourth-order valence-electron chi connectivity index (χ4n) is 4.06. The van der Waals surface area contributed by atoms with Crippen LogP contribution in [0.2, 0.25) is 0 Å². The Morgan fingerprint density at radius 1 is 0.902 bits per heavy atom. The Morgan fingerprint density at radius 3 is 2.39 bits per heavy atom. The average molecular weight is 593 g/mol. The minimum Gasteiger partial charge on any atom is -0.495 e. The van der Waals surface area contributed by atoms with Crippen molar-refractivity contribution in [2.45, 2.75) is 11.8 Å².